The Balaban J connectivity index is 0.000000637. The molecule has 0 amide bonds. The van der Waals surface area contributed by atoms with E-state index < -0.39 is 0 Å². The summed E-state index contributed by atoms with van der Waals surface area (Å²) in [7, 11) is 0. The number of fused-ring (bicyclic) bond motifs is 3. The summed E-state index contributed by atoms with van der Waals surface area (Å²) in [5, 5.41) is 0. The van der Waals surface area contributed by atoms with Gasteiger partial charge in [-0.2, -0.15) is 0 Å². The Morgan fingerprint density at radius 1 is 0.737 bits per heavy atom. The molecule has 3 rings (SSSR count). The fourth-order valence-corrected chi connectivity index (χ4v) is 2.71. The first-order valence-electron chi connectivity index (χ1n) is 6.85. The molecule has 0 unspecified atom stereocenters. The van der Waals surface area contributed by atoms with Crippen molar-refractivity contribution in [2.24, 2.45) is 0 Å². The van der Waals surface area contributed by atoms with Crippen LogP contribution in [0.2, 0.25) is 0 Å². The number of ketones is 1. The van der Waals surface area contributed by atoms with Crippen molar-refractivity contribution in [3.05, 3.63) is 58.1 Å². The molecule has 0 fully saturated rings. The van der Waals surface area contributed by atoms with Crippen molar-refractivity contribution in [2.75, 3.05) is 0 Å². The minimum absolute atomic E-state index is 0.172. The first-order chi connectivity index (χ1) is 9.08. The highest BCUT2D eigenvalue weighted by molar-refractivity contribution is 6.22. The van der Waals surface area contributed by atoms with Crippen LogP contribution in [0.1, 0.15) is 46.5 Å². The lowest BCUT2D eigenvalue weighted by atomic mass is 9.98. The van der Waals surface area contributed by atoms with Gasteiger partial charge in [-0.05, 0) is 49.6 Å². The second-order valence-corrected chi connectivity index (χ2v) is 4.88. The molecule has 1 heteroatoms. The molecule has 0 spiro atoms. The van der Waals surface area contributed by atoms with E-state index in [0.717, 1.165) is 33.4 Å². The number of carbonyl (C=O) groups is 1. The molecule has 0 saturated carbocycles. The van der Waals surface area contributed by atoms with Crippen molar-refractivity contribution < 1.29 is 4.79 Å². The van der Waals surface area contributed by atoms with Crippen LogP contribution < -0.4 is 0 Å². The third-order valence-electron chi connectivity index (χ3n) is 3.41. The van der Waals surface area contributed by atoms with Crippen LogP contribution in [-0.2, 0) is 0 Å². The van der Waals surface area contributed by atoms with Gasteiger partial charge in [-0.15, -0.1) is 0 Å². The Morgan fingerprint density at radius 3 is 2.05 bits per heavy atom. The minimum atomic E-state index is 0.172. The summed E-state index contributed by atoms with van der Waals surface area (Å²) in [6.07, 6.45) is 0. The Morgan fingerprint density at radius 2 is 1.37 bits per heavy atom. The van der Waals surface area contributed by atoms with Gasteiger partial charge in [0, 0.05) is 11.1 Å². The fourth-order valence-electron chi connectivity index (χ4n) is 2.71. The number of carbonyl (C=O) groups excluding carboxylic acids is 1. The van der Waals surface area contributed by atoms with E-state index in [4.69, 9.17) is 0 Å². The Bertz CT molecular complexity index is 651. The van der Waals surface area contributed by atoms with Crippen molar-refractivity contribution in [2.45, 2.75) is 34.6 Å². The molecule has 0 bridgehead atoms. The molecular weight excluding hydrogens is 232 g/mol. The lowest BCUT2D eigenvalue weighted by molar-refractivity contribution is 0.104. The van der Waals surface area contributed by atoms with Gasteiger partial charge in [0.15, 0.2) is 5.78 Å². The molecule has 19 heavy (non-hydrogen) atoms. The van der Waals surface area contributed by atoms with Crippen molar-refractivity contribution in [1.29, 1.82) is 0 Å². The highest BCUT2D eigenvalue weighted by atomic mass is 16.1. The Hall–Kier alpha value is -1.89. The SMILES string of the molecule is CC.Cc1ccc2c(c1)C(=O)c1cc(C)cc(C)c1-2. The molecule has 0 radical (unpaired) electrons. The first kappa shape index (κ1) is 13.5. The van der Waals surface area contributed by atoms with Gasteiger partial charge in [0.25, 0.3) is 0 Å². The number of hydrogen-bond acceptors (Lipinski definition) is 1. The molecule has 1 nitrogen and oxygen atoms in total. The molecule has 2 aromatic carbocycles. The van der Waals surface area contributed by atoms with Crippen LogP contribution in [-0.4, -0.2) is 5.78 Å². The van der Waals surface area contributed by atoms with Crippen molar-refractivity contribution in [3.63, 3.8) is 0 Å². The molecule has 98 valence electrons. The van der Waals surface area contributed by atoms with Crippen LogP contribution >= 0.6 is 0 Å². The molecule has 0 atom stereocenters. The summed E-state index contributed by atoms with van der Waals surface area (Å²) in [5.41, 5.74) is 7.41. The molecule has 0 N–H and O–H groups in total. The molecule has 0 saturated heterocycles. The van der Waals surface area contributed by atoms with Gasteiger partial charge in [-0.3, -0.25) is 4.79 Å². The second-order valence-electron chi connectivity index (χ2n) is 4.88. The summed E-state index contributed by atoms with van der Waals surface area (Å²) >= 11 is 0. The van der Waals surface area contributed by atoms with Crippen molar-refractivity contribution in [1.82, 2.24) is 0 Å². The molecule has 2 aromatic rings. The average molecular weight is 252 g/mol. The number of rotatable bonds is 0. The average Bonchev–Trinajstić information content (AvgIpc) is 2.66. The summed E-state index contributed by atoms with van der Waals surface area (Å²) < 4.78 is 0. The molecule has 1 aliphatic rings. The first-order valence-corrected chi connectivity index (χ1v) is 6.85. The van der Waals surface area contributed by atoms with Crippen LogP contribution in [0.3, 0.4) is 0 Å². The van der Waals surface area contributed by atoms with E-state index in [0.29, 0.717) is 0 Å². The lowest BCUT2D eigenvalue weighted by Crippen LogP contribution is -1.96. The summed E-state index contributed by atoms with van der Waals surface area (Å²) in [5.74, 6) is 0.172. The van der Waals surface area contributed by atoms with E-state index in [-0.39, 0.29) is 5.78 Å². The fraction of sp³-hybridized carbons (Fsp3) is 0.278. The highest BCUT2D eigenvalue weighted by Crippen LogP contribution is 2.39. The number of benzene rings is 2. The molecule has 0 aromatic heterocycles. The topological polar surface area (TPSA) is 17.1 Å². The zero-order valence-corrected chi connectivity index (χ0v) is 12.3. The second kappa shape index (κ2) is 5.00. The lowest BCUT2D eigenvalue weighted by Gasteiger charge is -2.06. The smallest absolute Gasteiger partial charge is 0.194 e. The highest BCUT2D eigenvalue weighted by Gasteiger charge is 2.27. The van der Waals surface area contributed by atoms with Gasteiger partial charge in [0.1, 0.15) is 0 Å². The third-order valence-corrected chi connectivity index (χ3v) is 3.41. The largest absolute Gasteiger partial charge is 0.289 e. The van der Waals surface area contributed by atoms with Gasteiger partial charge in [-0.25, -0.2) is 0 Å². The predicted molar refractivity (Wildman–Crippen MR) is 80.9 cm³/mol. The van der Waals surface area contributed by atoms with Crippen LogP contribution in [0.25, 0.3) is 11.1 Å². The van der Waals surface area contributed by atoms with Gasteiger partial charge < -0.3 is 0 Å². The quantitative estimate of drug-likeness (QED) is 0.559. The van der Waals surface area contributed by atoms with E-state index in [1.165, 1.54) is 5.56 Å². The van der Waals surface area contributed by atoms with Crippen LogP contribution in [0.4, 0.5) is 0 Å². The van der Waals surface area contributed by atoms with Crippen molar-refractivity contribution in [3.8, 4) is 11.1 Å². The maximum atomic E-state index is 12.3. The molecular formula is C18H20O. The van der Waals surface area contributed by atoms with Crippen LogP contribution in [0, 0.1) is 20.8 Å². The van der Waals surface area contributed by atoms with Gasteiger partial charge in [0.05, 0.1) is 0 Å². The normalized spacial score (nSPS) is 11.5. The predicted octanol–water partition coefficient (Wildman–Crippen LogP) is 4.85. The van der Waals surface area contributed by atoms with E-state index >= 15 is 0 Å². The van der Waals surface area contributed by atoms with E-state index in [1.54, 1.807) is 0 Å². The van der Waals surface area contributed by atoms with E-state index in [2.05, 4.69) is 25.1 Å². The monoisotopic (exact) mass is 252 g/mol. The maximum absolute atomic E-state index is 12.3. The third kappa shape index (κ3) is 2.10. The number of hydrogen-bond donors (Lipinski definition) is 0. The van der Waals surface area contributed by atoms with Crippen molar-refractivity contribution >= 4 is 5.78 Å². The summed E-state index contributed by atoms with van der Waals surface area (Å²) in [4.78, 5) is 12.3. The zero-order chi connectivity index (χ0) is 14.2. The Labute approximate surface area is 115 Å². The van der Waals surface area contributed by atoms with E-state index in [9.17, 15) is 4.79 Å². The van der Waals surface area contributed by atoms with Crippen LogP contribution in [0.5, 0.6) is 0 Å². The standard InChI is InChI=1S/C16H14O.C2H6/c1-9-4-5-12-13(7-9)16(17)14-8-10(2)6-11(3)15(12)14;1-2/h4-8H,1-3H3;1-2H3. The van der Waals surface area contributed by atoms with Gasteiger partial charge >= 0.3 is 0 Å². The Kier molecular flexibility index (Phi) is 3.57. The molecule has 0 aliphatic heterocycles. The summed E-state index contributed by atoms with van der Waals surface area (Å²) in [6.45, 7) is 10.1. The summed E-state index contributed by atoms with van der Waals surface area (Å²) in [6, 6.07) is 10.3. The van der Waals surface area contributed by atoms with Gasteiger partial charge in [-0.1, -0.05) is 43.2 Å². The molecule has 1 aliphatic carbocycles. The van der Waals surface area contributed by atoms with Gasteiger partial charge in [0.2, 0.25) is 0 Å². The number of aryl methyl sites for hydroxylation is 3. The maximum Gasteiger partial charge on any atom is 0.194 e. The van der Waals surface area contributed by atoms with Crippen LogP contribution in [0.15, 0.2) is 30.3 Å². The zero-order valence-electron chi connectivity index (χ0n) is 12.3. The van der Waals surface area contributed by atoms with E-state index in [1.807, 2.05) is 39.8 Å². The molecule has 0 heterocycles. The minimum Gasteiger partial charge on any atom is -0.289 e.